The third kappa shape index (κ3) is 3.42. The fourth-order valence-corrected chi connectivity index (χ4v) is 1.36. The largest absolute Gasteiger partial charge is 0.508 e. The van der Waals surface area contributed by atoms with E-state index in [4.69, 9.17) is 9.47 Å². The highest BCUT2D eigenvalue weighted by atomic mass is 16.8. The highest BCUT2D eigenvalue weighted by Gasteiger charge is 2.27. The Bertz CT molecular complexity index is 234. The molecule has 5 nitrogen and oxygen atoms in total. The molecule has 15 heavy (non-hydrogen) atoms. The van der Waals surface area contributed by atoms with E-state index < -0.39 is 12.3 Å². The Balaban J connectivity index is 2.24. The fourth-order valence-electron chi connectivity index (χ4n) is 1.36. The molecule has 0 aromatic rings. The molecule has 1 unspecified atom stereocenters. The molecule has 1 saturated heterocycles. The Kier molecular flexibility index (Phi) is 4.39. The van der Waals surface area contributed by atoms with Crippen LogP contribution in [0.4, 0.5) is 4.79 Å². The minimum atomic E-state index is -0.696. The molecule has 0 aromatic carbocycles. The van der Waals surface area contributed by atoms with Gasteiger partial charge in [0.1, 0.15) is 13.2 Å². The number of carbonyl (C=O) groups is 2. The second kappa shape index (κ2) is 5.58. The van der Waals surface area contributed by atoms with E-state index in [0.29, 0.717) is 0 Å². The zero-order chi connectivity index (χ0) is 11.3. The van der Waals surface area contributed by atoms with Crippen molar-refractivity contribution in [2.45, 2.75) is 32.8 Å². The first-order valence-corrected chi connectivity index (χ1v) is 5.17. The molecule has 5 heteroatoms. The number of esters is 1. The van der Waals surface area contributed by atoms with E-state index in [9.17, 15) is 9.59 Å². The molecule has 0 bridgehead atoms. The van der Waals surface area contributed by atoms with Gasteiger partial charge in [-0.2, -0.15) is 0 Å². The van der Waals surface area contributed by atoms with Crippen LogP contribution in [0.3, 0.4) is 0 Å². The molecule has 1 heterocycles. The van der Waals surface area contributed by atoms with Crippen LogP contribution < -0.4 is 0 Å². The van der Waals surface area contributed by atoms with Gasteiger partial charge >= 0.3 is 12.1 Å². The van der Waals surface area contributed by atoms with Crippen LogP contribution in [0.2, 0.25) is 0 Å². The summed E-state index contributed by atoms with van der Waals surface area (Å²) in [6.07, 6.45) is 0.376. The van der Waals surface area contributed by atoms with Crippen molar-refractivity contribution < 1.29 is 23.8 Å². The van der Waals surface area contributed by atoms with Crippen LogP contribution in [-0.4, -0.2) is 31.4 Å². The summed E-state index contributed by atoms with van der Waals surface area (Å²) >= 11 is 0. The normalized spacial score (nSPS) is 19.9. The monoisotopic (exact) mass is 216 g/mol. The summed E-state index contributed by atoms with van der Waals surface area (Å²) in [6.45, 7) is 4.12. The van der Waals surface area contributed by atoms with Gasteiger partial charge in [0.25, 0.3) is 0 Å². The van der Waals surface area contributed by atoms with E-state index >= 15 is 0 Å². The minimum absolute atomic E-state index is 0.0666. The highest BCUT2D eigenvalue weighted by molar-refractivity contribution is 5.72. The number of cyclic esters (lactones) is 2. The van der Waals surface area contributed by atoms with Crippen LogP contribution >= 0.6 is 0 Å². The van der Waals surface area contributed by atoms with Gasteiger partial charge in [-0.3, -0.25) is 4.79 Å². The van der Waals surface area contributed by atoms with Gasteiger partial charge in [-0.1, -0.05) is 13.8 Å². The van der Waals surface area contributed by atoms with E-state index in [2.05, 4.69) is 4.74 Å². The molecule has 1 aliphatic rings. The molecule has 1 aliphatic heterocycles. The summed E-state index contributed by atoms with van der Waals surface area (Å²) in [4.78, 5) is 22.0. The van der Waals surface area contributed by atoms with Crippen LogP contribution in [-0.2, 0) is 19.0 Å². The number of hydrogen-bond acceptors (Lipinski definition) is 5. The van der Waals surface area contributed by atoms with E-state index in [1.54, 1.807) is 0 Å². The quantitative estimate of drug-likeness (QED) is 0.652. The molecule has 0 aliphatic carbocycles. The van der Waals surface area contributed by atoms with Crippen LogP contribution in [0.5, 0.6) is 0 Å². The molecular formula is C10H16O5. The van der Waals surface area contributed by atoms with Gasteiger partial charge in [0.05, 0.1) is 5.92 Å². The predicted octanol–water partition coefficient (Wildman–Crippen LogP) is 1.50. The van der Waals surface area contributed by atoms with E-state index in [1.807, 2.05) is 13.8 Å². The lowest BCUT2D eigenvalue weighted by atomic mass is 10.0. The first-order chi connectivity index (χ1) is 7.17. The Morgan fingerprint density at radius 2 is 2.20 bits per heavy atom. The molecule has 0 amide bonds. The van der Waals surface area contributed by atoms with Crippen molar-refractivity contribution in [1.82, 2.24) is 0 Å². The van der Waals surface area contributed by atoms with Gasteiger partial charge in [0.15, 0.2) is 6.10 Å². The summed E-state index contributed by atoms with van der Waals surface area (Å²) in [5.74, 6) is -0.300. The van der Waals surface area contributed by atoms with Crippen LogP contribution in [0.1, 0.15) is 26.7 Å². The van der Waals surface area contributed by atoms with Gasteiger partial charge < -0.3 is 14.2 Å². The molecule has 0 spiro atoms. The lowest BCUT2D eigenvalue weighted by Gasteiger charge is -2.13. The molecule has 0 aromatic heterocycles. The van der Waals surface area contributed by atoms with Crippen molar-refractivity contribution >= 4 is 12.1 Å². The molecule has 1 rings (SSSR count). The van der Waals surface area contributed by atoms with Gasteiger partial charge in [0.2, 0.25) is 0 Å². The van der Waals surface area contributed by atoms with Crippen molar-refractivity contribution in [3.8, 4) is 0 Å². The van der Waals surface area contributed by atoms with Crippen molar-refractivity contribution in [2.75, 3.05) is 13.2 Å². The van der Waals surface area contributed by atoms with Crippen LogP contribution in [0.15, 0.2) is 0 Å². The standard InChI is InChI=1S/C10H16O5/c1-3-7(4-2)9(11)13-5-8-6-14-10(12)15-8/h7-8H,3-6H2,1-2H3. The smallest absolute Gasteiger partial charge is 0.461 e. The Morgan fingerprint density at radius 1 is 1.53 bits per heavy atom. The van der Waals surface area contributed by atoms with Gasteiger partial charge in [0, 0.05) is 0 Å². The maximum absolute atomic E-state index is 11.4. The summed E-state index contributed by atoms with van der Waals surface area (Å²) in [5, 5.41) is 0. The predicted molar refractivity (Wildman–Crippen MR) is 51.3 cm³/mol. The average Bonchev–Trinajstić information content (AvgIpc) is 2.63. The first kappa shape index (κ1) is 11.8. The molecule has 86 valence electrons. The average molecular weight is 216 g/mol. The van der Waals surface area contributed by atoms with Crippen LogP contribution in [0.25, 0.3) is 0 Å². The summed E-state index contributed by atoms with van der Waals surface area (Å²) in [6, 6.07) is 0. The van der Waals surface area contributed by atoms with Crippen molar-refractivity contribution in [2.24, 2.45) is 5.92 Å². The van der Waals surface area contributed by atoms with E-state index in [0.717, 1.165) is 12.8 Å². The number of carbonyl (C=O) groups excluding carboxylic acids is 2. The maximum Gasteiger partial charge on any atom is 0.508 e. The van der Waals surface area contributed by atoms with E-state index in [1.165, 1.54) is 0 Å². The summed E-state index contributed by atoms with van der Waals surface area (Å²) in [5.41, 5.74) is 0. The second-order valence-corrected chi connectivity index (χ2v) is 3.44. The Morgan fingerprint density at radius 3 is 2.67 bits per heavy atom. The Labute approximate surface area is 88.7 Å². The first-order valence-electron chi connectivity index (χ1n) is 5.17. The fraction of sp³-hybridized carbons (Fsp3) is 0.800. The van der Waals surface area contributed by atoms with Crippen molar-refractivity contribution in [1.29, 1.82) is 0 Å². The topological polar surface area (TPSA) is 61.8 Å². The zero-order valence-electron chi connectivity index (χ0n) is 9.02. The molecule has 0 saturated carbocycles. The van der Waals surface area contributed by atoms with Crippen molar-refractivity contribution in [3.05, 3.63) is 0 Å². The second-order valence-electron chi connectivity index (χ2n) is 3.44. The van der Waals surface area contributed by atoms with Crippen molar-refractivity contribution in [3.63, 3.8) is 0 Å². The molecular weight excluding hydrogens is 200 g/mol. The van der Waals surface area contributed by atoms with Gasteiger partial charge in [-0.25, -0.2) is 4.79 Å². The molecule has 1 atom stereocenters. The SMILES string of the molecule is CCC(CC)C(=O)OCC1COC(=O)O1. The summed E-state index contributed by atoms with van der Waals surface area (Å²) < 4.78 is 14.3. The van der Waals surface area contributed by atoms with Gasteiger partial charge in [-0.15, -0.1) is 0 Å². The summed E-state index contributed by atoms with van der Waals surface area (Å²) in [7, 11) is 0. The number of hydrogen-bond donors (Lipinski definition) is 0. The number of rotatable bonds is 5. The van der Waals surface area contributed by atoms with Crippen LogP contribution in [0, 0.1) is 5.92 Å². The molecule has 1 fully saturated rings. The zero-order valence-corrected chi connectivity index (χ0v) is 9.02. The molecule has 0 N–H and O–H groups in total. The maximum atomic E-state index is 11.4. The highest BCUT2D eigenvalue weighted by Crippen LogP contribution is 2.12. The number of ether oxygens (including phenoxy) is 3. The lowest BCUT2D eigenvalue weighted by Crippen LogP contribution is -2.24. The third-order valence-electron chi connectivity index (χ3n) is 2.38. The third-order valence-corrected chi connectivity index (χ3v) is 2.38. The lowest BCUT2D eigenvalue weighted by molar-refractivity contribution is -0.151. The van der Waals surface area contributed by atoms with E-state index in [-0.39, 0.29) is 25.1 Å². The Hall–Kier alpha value is -1.26. The molecule has 0 radical (unpaired) electrons. The minimum Gasteiger partial charge on any atom is -0.461 e. The van der Waals surface area contributed by atoms with Gasteiger partial charge in [-0.05, 0) is 12.8 Å².